The van der Waals surface area contributed by atoms with E-state index >= 15 is 0 Å². The molecule has 0 aliphatic rings. The Balaban J connectivity index is 2.11. The molecule has 0 saturated carbocycles. The SMILES string of the molecule is COC(C(=O)Cc1nccs1)c1ccccc1. The average molecular weight is 247 g/mol. The number of hydrogen-bond donors (Lipinski definition) is 0. The molecule has 4 heteroatoms. The van der Waals surface area contributed by atoms with Crippen molar-refractivity contribution >= 4 is 17.1 Å². The number of hydrogen-bond acceptors (Lipinski definition) is 4. The van der Waals surface area contributed by atoms with E-state index < -0.39 is 6.10 Å². The first-order valence-corrected chi connectivity index (χ1v) is 6.18. The van der Waals surface area contributed by atoms with Crippen molar-refractivity contribution < 1.29 is 9.53 Å². The molecule has 0 fully saturated rings. The van der Waals surface area contributed by atoms with Gasteiger partial charge in [0.25, 0.3) is 0 Å². The highest BCUT2D eigenvalue weighted by Crippen LogP contribution is 2.19. The van der Waals surface area contributed by atoms with Gasteiger partial charge in [-0.15, -0.1) is 11.3 Å². The Morgan fingerprint density at radius 3 is 2.76 bits per heavy atom. The van der Waals surface area contributed by atoms with E-state index in [0.717, 1.165) is 10.6 Å². The largest absolute Gasteiger partial charge is 0.369 e. The van der Waals surface area contributed by atoms with Crippen molar-refractivity contribution in [3.63, 3.8) is 0 Å². The van der Waals surface area contributed by atoms with Crippen LogP contribution in [0.1, 0.15) is 16.7 Å². The molecule has 0 saturated heterocycles. The van der Waals surface area contributed by atoms with E-state index in [9.17, 15) is 4.79 Å². The summed E-state index contributed by atoms with van der Waals surface area (Å²) in [5.41, 5.74) is 0.886. The Morgan fingerprint density at radius 1 is 1.41 bits per heavy atom. The number of thiazole rings is 1. The lowest BCUT2D eigenvalue weighted by Crippen LogP contribution is -2.16. The smallest absolute Gasteiger partial charge is 0.172 e. The quantitative estimate of drug-likeness (QED) is 0.815. The number of benzene rings is 1. The Bertz CT molecular complexity index is 467. The molecule has 2 rings (SSSR count). The first-order chi connectivity index (χ1) is 8.31. The van der Waals surface area contributed by atoms with Gasteiger partial charge in [-0.1, -0.05) is 30.3 Å². The number of methoxy groups -OCH3 is 1. The van der Waals surface area contributed by atoms with E-state index in [1.807, 2.05) is 35.7 Å². The van der Waals surface area contributed by atoms with Gasteiger partial charge < -0.3 is 4.74 Å². The number of nitrogens with zero attached hydrogens (tertiary/aromatic N) is 1. The molecular formula is C13H13NO2S. The fourth-order valence-electron chi connectivity index (χ4n) is 1.66. The lowest BCUT2D eigenvalue weighted by Gasteiger charge is -2.13. The van der Waals surface area contributed by atoms with Crippen LogP contribution in [0.15, 0.2) is 41.9 Å². The van der Waals surface area contributed by atoms with Crippen LogP contribution in [0.25, 0.3) is 0 Å². The molecule has 0 aliphatic carbocycles. The monoisotopic (exact) mass is 247 g/mol. The summed E-state index contributed by atoms with van der Waals surface area (Å²) in [4.78, 5) is 16.2. The summed E-state index contributed by atoms with van der Waals surface area (Å²) in [6.45, 7) is 0. The van der Waals surface area contributed by atoms with Crippen LogP contribution in [0.3, 0.4) is 0 Å². The van der Waals surface area contributed by atoms with Gasteiger partial charge in [0.1, 0.15) is 6.10 Å². The predicted octanol–water partition coefficient (Wildman–Crippen LogP) is 2.64. The van der Waals surface area contributed by atoms with E-state index in [-0.39, 0.29) is 5.78 Å². The number of ether oxygens (including phenoxy) is 1. The maximum absolute atomic E-state index is 12.1. The fourth-order valence-corrected chi connectivity index (χ4v) is 2.29. The van der Waals surface area contributed by atoms with Gasteiger partial charge in [-0.05, 0) is 5.56 Å². The van der Waals surface area contributed by atoms with Crippen molar-refractivity contribution in [1.29, 1.82) is 0 Å². The van der Waals surface area contributed by atoms with Gasteiger partial charge in [0.15, 0.2) is 5.78 Å². The number of carbonyl (C=O) groups excluding carboxylic acids is 1. The molecule has 0 N–H and O–H groups in total. The molecule has 2 aromatic rings. The van der Waals surface area contributed by atoms with E-state index in [1.54, 1.807) is 13.3 Å². The molecule has 0 bridgehead atoms. The second kappa shape index (κ2) is 5.70. The minimum atomic E-state index is -0.500. The van der Waals surface area contributed by atoms with Crippen LogP contribution in [0.4, 0.5) is 0 Å². The molecule has 1 unspecified atom stereocenters. The van der Waals surface area contributed by atoms with Crippen molar-refractivity contribution in [2.45, 2.75) is 12.5 Å². The zero-order valence-corrected chi connectivity index (χ0v) is 10.3. The molecule has 0 spiro atoms. The highest BCUT2D eigenvalue weighted by Gasteiger charge is 2.20. The van der Waals surface area contributed by atoms with E-state index in [0.29, 0.717) is 6.42 Å². The minimum Gasteiger partial charge on any atom is -0.369 e. The fraction of sp³-hybridized carbons (Fsp3) is 0.231. The lowest BCUT2D eigenvalue weighted by molar-refractivity contribution is -0.128. The molecule has 88 valence electrons. The summed E-state index contributed by atoms with van der Waals surface area (Å²) >= 11 is 1.49. The van der Waals surface area contributed by atoms with Crippen LogP contribution in [0.2, 0.25) is 0 Å². The van der Waals surface area contributed by atoms with E-state index in [1.165, 1.54) is 11.3 Å². The molecule has 0 aliphatic heterocycles. The van der Waals surface area contributed by atoms with Gasteiger partial charge >= 0.3 is 0 Å². The summed E-state index contributed by atoms with van der Waals surface area (Å²) in [7, 11) is 1.55. The van der Waals surface area contributed by atoms with Crippen LogP contribution in [-0.4, -0.2) is 17.9 Å². The number of aromatic nitrogens is 1. The van der Waals surface area contributed by atoms with Gasteiger partial charge in [0, 0.05) is 18.7 Å². The third-order valence-electron chi connectivity index (χ3n) is 2.44. The normalized spacial score (nSPS) is 12.3. The molecule has 1 heterocycles. The van der Waals surface area contributed by atoms with Gasteiger partial charge in [0.2, 0.25) is 0 Å². The van der Waals surface area contributed by atoms with Crippen LogP contribution in [0, 0.1) is 0 Å². The van der Waals surface area contributed by atoms with Crippen molar-refractivity contribution in [1.82, 2.24) is 4.98 Å². The molecule has 1 aromatic carbocycles. The average Bonchev–Trinajstić information content (AvgIpc) is 2.84. The first kappa shape index (κ1) is 12.0. The van der Waals surface area contributed by atoms with Gasteiger partial charge in [0.05, 0.1) is 11.4 Å². The van der Waals surface area contributed by atoms with Gasteiger partial charge in [-0.2, -0.15) is 0 Å². The molecule has 1 aromatic heterocycles. The summed E-state index contributed by atoms with van der Waals surface area (Å²) < 4.78 is 5.27. The number of Topliss-reactive ketones (excluding diaryl/α,β-unsaturated/α-hetero) is 1. The van der Waals surface area contributed by atoms with Crippen molar-refractivity contribution in [3.05, 3.63) is 52.5 Å². The van der Waals surface area contributed by atoms with Gasteiger partial charge in [-0.25, -0.2) is 4.98 Å². The molecule has 17 heavy (non-hydrogen) atoms. The summed E-state index contributed by atoms with van der Waals surface area (Å²) in [5.74, 6) is 0.0358. The molecule has 1 atom stereocenters. The molecular weight excluding hydrogens is 234 g/mol. The van der Waals surface area contributed by atoms with Crippen molar-refractivity contribution in [3.8, 4) is 0 Å². The second-order valence-corrected chi connectivity index (χ2v) is 4.57. The van der Waals surface area contributed by atoms with Crippen molar-refractivity contribution in [2.24, 2.45) is 0 Å². The number of carbonyl (C=O) groups is 1. The maximum atomic E-state index is 12.1. The Kier molecular flexibility index (Phi) is 4.01. The Labute approximate surface area is 104 Å². The van der Waals surface area contributed by atoms with Crippen LogP contribution in [0.5, 0.6) is 0 Å². The third-order valence-corrected chi connectivity index (χ3v) is 3.22. The maximum Gasteiger partial charge on any atom is 0.172 e. The second-order valence-electron chi connectivity index (χ2n) is 3.60. The Hall–Kier alpha value is -1.52. The molecule has 0 amide bonds. The van der Waals surface area contributed by atoms with Crippen LogP contribution in [-0.2, 0) is 16.0 Å². The molecule has 0 radical (unpaired) electrons. The highest BCUT2D eigenvalue weighted by molar-refractivity contribution is 7.09. The zero-order valence-electron chi connectivity index (χ0n) is 9.50. The molecule has 3 nitrogen and oxygen atoms in total. The highest BCUT2D eigenvalue weighted by atomic mass is 32.1. The summed E-state index contributed by atoms with van der Waals surface area (Å²) in [6, 6.07) is 9.51. The van der Waals surface area contributed by atoms with Crippen molar-refractivity contribution in [2.75, 3.05) is 7.11 Å². The van der Waals surface area contributed by atoms with E-state index in [2.05, 4.69) is 4.98 Å². The third kappa shape index (κ3) is 2.99. The predicted molar refractivity (Wildman–Crippen MR) is 67.0 cm³/mol. The minimum absolute atomic E-state index is 0.0358. The summed E-state index contributed by atoms with van der Waals surface area (Å²) in [5, 5.41) is 2.69. The first-order valence-electron chi connectivity index (χ1n) is 5.30. The van der Waals surface area contributed by atoms with Gasteiger partial charge in [-0.3, -0.25) is 4.79 Å². The number of ketones is 1. The zero-order chi connectivity index (χ0) is 12.1. The number of rotatable bonds is 5. The van der Waals surface area contributed by atoms with Crippen LogP contribution < -0.4 is 0 Å². The van der Waals surface area contributed by atoms with Crippen LogP contribution >= 0.6 is 11.3 Å². The standard InChI is InChI=1S/C13H13NO2S/c1-16-13(10-5-3-2-4-6-10)11(15)9-12-14-7-8-17-12/h2-8,13H,9H2,1H3. The van der Waals surface area contributed by atoms with E-state index in [4.69, 9.17) is 4.74 Å². The Morgan fingerprint density at radius 2 is 2.18 bits per heavy atom. The topological polar surface area (TPSA) is 39.2 Å². The summed E-state index contributed by atoms with van der Waals surface area (Å²) in [6.07, 6.45) is 1.53. The lowest BCUT2D eigenvalue weighted by atomic mass is 10.0.